The summed E-state index contributed by atoms with van der Waals surface area (Å²) in [5, 5.41) is 10.4. The van der Waals surface area contributed by atoms with E-state index in [1.54, 1.807) is 0 Å². The van der Waals surface area contributed by atoms with Crippen LogP contribution < -0.4 is 0 Å². The summed E-state index contributed by atoms with van der Waals surface area (Å²) in [6.07, 6.45) is 0. The molecule has 0 saturated heterocycles. The third-order valence-electron chi connectivity index (χ3n) is 13.4. The minimum atomic E-state index is -0.294. The lowest BCUT2D eigenvalue weighted by Gasteiger charge is -2.31. The van der Waals surface area contributed by atoms with Gasteiger partial charge in [-0.15, -0.1) is 0 Å². The summed E-state index contributed by atoms with van der Waals surface area (Å²) in [5.74, 6) is 0.745. The first-order valence-corrected chi connectivity index (χ1v) is 20.4. The Hall–Kier alpha value is -6.90. The highest BCUT2D eigenvalue weighted by atomic mass is 14.9. The van der Waals surface area contributed by atoms with E-state index < -0.39 is 0 Å². The van der Waals surface area contributed by atoms with Gasteiger partial charge in [-0.05, 0) is 99.7 Å². The number of benzene rings is 9. The minimum Gasteiger partial charge on any atom is -0.228 e. The Kier molecular flexibility index (Phi) is 6.78. The molecule has 1 heterocycles. The van der Waals surface area contributed by atoms with Crippen LogP contribution in [0.5, 0.6) is 0 Å². The predicted octanol–water partition coefficient (Wildman–Crippen LogP) is 14.7. The molecule has 0 aliphatic heterocycles. The second-order valence-corrected chi connectivity index (χ2v) is 17.2. The Morgan fingerprint density at radius 1 is 0.345 bits per heavy atom. The average Bonchev–Trinajstić information content (AvgIpc) is 3.65. The van der Waals surface area contributed by atoms with Crippen molar-refractivity contribution in [1.29, 1.82) is 0 Å². The van der Waals surface area contributed by atoms with E-state index in [4.69, 9.17) is 9.97 Å². The Morgan fingerprint density at radius 2 is 0.793 bits per heavy atom. The molecule has 10 aromatic rings. The maximum Gasteiger partial charge on any atom is 0.161 e. The molecule has 0 radical (unpaired) electrons. The van der Waals surface area contributed by atoms with E-state index in [0.29, 0.717) is 0 Å². The van der Waals surface area contributed by atoms with Crippen LogP contribution in [0.4, 0.5) is 0 Å². The zero-order valence-electron chi connectivity index (χ0n) is 33.1. The summed E-state index contributed by atoms with van der Waals surface area (Å²) < 4.78 is 0. The van der Waals surface area contributed by atoms with Gasteiger partial charge in [-0.2, -0.15) is 0 Å². The molecule has 9 aromatic carbocycles. The normalized spacial score (nSPS) is 14.5. The number of hydrogen-bond donors (Lipinski definition) is 0. The van der Waals surface area contributed by atoms with E-state index in [1.165, 1.54) is 87.6 Å². The molecule has 0 unspecified atom stereocenters. The topological polar surface area (TPSA) is 25.8 Å². The summed E-state index contributed by atoms with van der Waals surface area (Å²) in [6, 6.07) is 62.0. The summed E-state index contributed by atoms with van der Waals surface area (Å²) in [6.45, 7) is 9.82. The number of nitrogens with zero attached hydrogens (tertiary/aromatic N) is 2. The molecule has 2 aliphatic rings. The Bertz CT molecular complexity index is 3280. The zero-order valence-corrected chi connectivity index (χ0v) is 33.1. The summed E-state index contributed by atoms with van der Waals surface area (Å²) in [4.78, 5) is 10.7. The Morgan fingerprint density at radius 3 is 1.41 bits per heavy atom. The molecule has 0 bridgehead atoms. The summed E-state index contributed by atoms with van der Waals surface area (Å²) >= 11 is 0. The van der Waals surface area contributed by atoms with Crippen molar-refractivity contribution >= 4 is 43.1 Å². The SMILES string of the molecule is CC1(C)c2cc(-c3nc(-c4ccccc4)cc(-c4ccccc4)n3)c3ccccc3c2-c2ccc3c(c21)C(C)(C)c1c-3ccc2c3ccccc3c3ccccc3c12. The van der Waals surface area contributed by atoms with Gasteiger partial charge in [0, 0.05) is 27.5 Å². The highest BCUT2D eigenvalue weighted by Crippen LogP contribution is 2.62. The predicted molar refractivity (Wildman–Crippen MR) is 243 cm³/mol. The van der Waals surface area contributed by atoms with Gasteiger partial charge >= 0.3 is 0 Å². The smallest absolute Gasteiger partial charge is 0.161 e. The molecule has 1 aromatic heterocycles. The lowest BCUT2D eigenvalue weighted by molar-refractivity contribution is 0.604. The number of hydrogen-bond acceptors (Lipinski definition) is 2. The van der Waals surface area contributed by atoms with Gasteiger partial charge < -0.3 is 0 Å². The van der Waals surface area contributed by atoms with E-state index >= 15 is 0 Å². The standard InChI is InChI=1S/C56H40N2/c1-55(2)46-31-45(54-57-47(33-17-7-5-8-18-33)32-48(58-54)34-19-9-6-10-20-34)38-24-14-15-25-39(38)49(46)44-30-29-43-42-28-27-41-37-23-12-11-21-35(37)36-22-13-16-26-40(36)50(41)51(42)56(3,4)52(43)53(44)55/h5-32H,1-4H3. The van der Waals surface area contributed by atoms with Crippen molar-refractivity contribution < 1.29 is 0 Å². The lowest BCUT2D eigenvalue weighted by Crippen LogP contribution is -2.24. The molecule has 0 fully saturated rings. The molecule has 2 nitrogen and oxygen atoms in total. The fourth-order valence-electron chi connectivity index (χ4n) is 10.9. The monoisotopic (exact) mass is 740 g/mol. The van der Waals surface area contributed by atoms with Crippen molar-refractivity contribution in [2.45, 2.75) is 38.5 Å². The van der Waals surface area contributed by atoms with Gasteiger partial charge in [0.05, 0.1) is 11.4 Å². The Balaban J connectivity index is 1.11. The van der Waals surface area contributed by atoms with E-state index in [0.717, 1.165) is 33.9 Å². The molecular weight excluding hydrogens is 701 g/mol. The highest BCUT2D eigenvalue weighted by molar-refractivity contribution is 6.27. The average molecular weight is 741 g/mol. The molecule has 0 atom stereocenters. The van der Waals surface area contributed by atoms with Gasteiger partial charge in [0.15, 0.2) is 5.82 Å². The first-order valence-electron chi connectivity index (χ1n) is 20.4. The van der Waals surface area contributed by atoms with Crippen molar-refractivity contribution in [2.24, 2.45) is 0 Å². The van der Waals surface area contributed by atoms with Crippen LogP contribution in [0.15, 0.2) is 170 Å². The van der Waals surface area contributed by atoms with Crippen molar-refractivity contribution in [3.05, 3.63) is 192 Å². The maximum atomic E-state index is 5.34. The molecular formula is C56H40N2. The van der Waals surface area contributed by atoms with Gasteiger partial charge in [-0.1, -0.05) is 185 Å². The third kappa shape index (κ3) is 4.43. The minimum absolute atomic E-state index is 0.254. The first-order chi connectivity index (χ1) is 28.3. The van der Waals surface area contributed by atoms with Gasteiger partial charge in [-0.25, -0.2) is 9.97 Å². The quantitative estimate of drug-likeness (QED) is 0.169. The fraction of sp³-hybridized carbons (Fsp3) is 0.107. The van der Waals surface area contributed by atoms with Crippen LogP contribution in [-0.4, -0.2) is 9.97 Å². The van der Waals surface area contributed by atoms with E-state index in [1.807, 2.05) is 0 Å². The van der Waals surface area contributed by atoms with Crippen LogP contribution in [0.2, 0.25) is 0 Å². The second kappa shape index (κ2) is 11.8. The zero-order chi connectivity index (χ0) is 38.9. The number of rotatable bonds is 3. The van der Waals surface area contributed by atoms with E-state index in [-0.39, 0.29) is 10.8 Å². The second-order valence-electron chi connectivity index (χ2n) is 17.2. The van der Waals surface area contributed by atoms with Crippen LogP contribution >= 0.6 is 0 Å². The van der Waals surface area contributed by atoms with Crippen molar-refractivity contribution in [1.82, 2.24) is 9.97 Å². The molecule has 274 valence electrons. The van der Waals surface area contributed by atoms with Gasteiger partial charge in [0.25, 0.3) is 0 Å². The molecule has 0 spiro atoms. The summed E-state index contributed by atoms with van der Waals surface area (Å²) in [5.41, 5.74) is 15.5. The maximum absolute atomic E-state index is 5.34. The van der Waals surface area contributed by atoms with Gasteiger partial charge in [0.2, 0.25) is 0 Å². The molecule has 2 aliphatic carbocycles. The van der Waals surface area contributed by atoms with Gasteiger partial charge in [0.1, 0.15) is 0 Å². The molecule has 0 saturated carbocycles. The van der Waals surface area contributed by atoms with Crippen LogP contribution in [0.3, 0.4) is 0 Å². The molecule has 0 amide bonds. The van der Waals surface area contributed by atoms with Crippen LogP contribution in [0, 0.1) is 0 Å². The Labute approximate surface area is 338 Å². The fourth-order valence-corrected chi connectivity index (χ4v) is 10.9. The lowest BCUT2D eigenvalue weighted by atomic mass is 9.71. The third-order valence-corrected chi connectivity index (χ3v) is 13.4. The van der Waals surface area contributed by atoms with Crippen LogP contribution in [-0.2, 0) is 10.8 Å². The highest BCUT2D eigenvalue weighted by Gasteiger charge is 2.47. The molecule has 12 rings (SSSR count). The molecule has 2 heteroatoms. The van der Waals surface area contributed by atoms with Crippen LogP contribution in [0.25, 0.3) is 99.2 Å². The van der Waals surface area contributed by atoms with Crippen LogP contribution in [0.1, 0.15) is 49.9 Å². The number of fused-ring (bicyclic) bond motifs is 16. The van der Waals surface area contributed by atoms with Crippen molar-refractivity contribution in [3.63, 3.8) is 0 Å². The van der Waals surface area contributed by atoms with Gasteiger partial charge in [-0.3, -0.25) is 0 Å². The van der Waals surface area contributed by atoms with E-state index in [2.05, 4.69) is 198 Å². The molecule has 58 heavy (non-hydrogen) atoms. The number of aromatic nitrogens is 2. The van der Waals surface area contributed by atoms with Crippen molar-refractivity contribution in [3.8, 4) is 56.2 Å². The van der Waals surface area contributed by atoms with Crippen molar-refractivity contribution in [2.75, 3.05) is 0 Å². The van der Waals surface area contributed by atoms with E-state index in [9.17, 15) is 0 Å². The molecule has 0 N–H and O–H groups in total. The largest absolute Gasteiger partial charge is 0.228 e. The first kappa shape index (κ1) is 33.3. The summed E-state index contributed by atoms with van der Waals surface area (Å²) in [7, 11) is 0.